The summed E-state index contributed by atoms with van der Waals surface area (Å²) in [6, 6.07) is 15.0. The van der Waals surface area contributed by atoms with E-state index in [1.807, 2.05) is 23.2 Å². The molecule has 1 atom stereocenters. The molecule has 3 heterocycles. The van der Waals surface area contributed by atoms with Crippen LogP contribution < -0.4 is 5.01 Å². The van der Waals surface area contributed by atoms with Crippen molar-refractivity contribution in [3.8, 4) is 0 Å². The van der Waals surface area contributed by atoms with Gasteiger partial charge in [-0.05, 0) is 53.2 Å². The molecular formula is C19H15FN2S2. The molecule has 0 saturated carbocycles. The molecule has 1 aliphatic heterocycles. The topological polar surface area (TPSA) is 15.6 Å². The summed E-state index contributed by atoms with van der Waals surface area (Å²) in [7, 11) is 0. The Morgan fingerprint density at radius 1 is 1.04 bits per heavy atom. The molecule has 0 unspecified atom stereocenters. The van der Waals surface area contributed by atoms with Crippen molar-refractivity contribution >= 4 is 40.1 Å². The van der Waals surface area contributed by atoms with E-state index in [0.717, 1.165) is 17.8 Å². The molecule has 0 bridgehead atoms. The molecule has 0 N–H and O–H groups in total. The van der Waals surface area contributed by atoms with Crippen LogP contribution in [0.15, 0.2) is 70.5 Å². The summed E-state index contributed by atoms with van der Waals surface area (Å²) < 4.78 is 13.6. The van der Waals surface area contributed by atoms with Gasteiger partial charge in [0.1, 0.15) is 5.82 Å². The lowest BCUT2D eigenvalue weighted by molar-refractivity contribution is 0.624. The predicted octanol–water partition coefficient (Wildman–Crippen LogP) is 5.97. The van der Waals surface area contributed by atoms with Crippen LogP contribution in [0.3, 0.4) is 0 Å². The normalized spacial score (nSPS) is 17.6. The van der Waals surface area contributed by atoms with Gasteiger partial charge in [-0.15, -0.1) is 22.7 Å². The highest BCUT2D eigenvalue weighted by molar-refractivity contribution is 7.10. The zero-order valence-corrected chi connectivity index (χ0v) is 14.4. The number of hydrogen-bond acceptors (Lipinski definition) is 4. The van der Waals surface area contributed by atoms with E-state index in [1.54, 1.807) is 28.7 Å². The minimum atomic E-state index is -0.241. The average molecular weight is 354 g/mol. The van der Waals surface area contributed by atoms with Crippen molar-refractivity contribution < 1.29 is 4.39 Å². The second kappa shape index (κ2) is 6.71. The van der Waals surface area contributed by atoms with Crippen molar-refractivity contribution in [1.82, 2.24) is 0 Å². The number of allylic oxidation sites excluding steroid dienone is 1. The summed E-state index contributed by atoms with van der Waals surface area (Å²) in [5, 5.41) is 10.8. The lowest BCUT2D eigenvalue weighted by Gasteiger charge is -2.22. The highest BCUT2D eigenvalue weighted by Gasteiger charge is 2.29. The Bertz CT molecular complexity index is 867. The number of halogens is 1. The standard InChI is InChI=1S/C19H15FN2S2/c20-14-4-1-5-16(12-14)22-18(19-7-3-11-24-19)13-15(21-22)8-9-17-6-2-10-23-17/h1-12,18H,13H2/b9-8+/t18-/m0/s1. The van der Waals surface area contributed by atoms with Gasteiger partial charge < -0.3 is 0 Å². The summed E-state index contributed by atoms with van der Waals surface area (Å²) in [5.41, 5.74) is 1.79. The summed E-state index contributed by atoms with van der Waals surface area (Å²) in [6.07, 6.45) is 4.97. The third-order valence-corrected chi connectivity index (χ3v) is 5.67. The van der Waals surface area contributed by atoms with Gasteiger partial charge in [0.15, 0.2) is 0 Å². The maximum atomic E-state index is 13.6. The van der Waals surface area contributed by atoms with Gasteiger partial charge in [-0.2, -0.15) is 5.10 Å². The Morgan fingerprint density at radius 3 is 2.67 bits per heavy atom. The van der Waals surface area contributed by atoms with Crippen LogP contribution in [0, 0.1) is 5.82 Å². The largest absolute Gasteiger partial charge is 0.256 e. The minimum Gasteiger partial charge on any atom is -0.256 e. The highest BCUT2D eigenvalue weighted by atomic mass is 32.1. The number of benzene rings is 1. The van der Waals surface area contributed by atoms with Crippen molar-refractivity contribution in [3.63, 3.8) is 0 Å². The van der Waals surface area contributed by atoms with E-state index in [2.05, 4.69) is 35.0 Å². The maximum Gasteiger partial charge on any atom is 0.125 e. The zero-order chi connectivity index (χ0) is 16.4. The zero-order valence-electron chi connectivity index (χ0n) is 12.8. The van der Waals surface area contributed by atoms with Crippen LogP contribution in [-0.2, 0) is 0 Å². The van der Waals surface area contributed by atoms with Crippen molar-refractivity contribution in [2.45, 2.75) is 12.5 Å². The van der Waals surface area contributed by atoms with Crippen molar-refractivity contribution in [1.29, 1.82) is 0 Å². The van der Waals surface area contributed by atoms with Gasteiger partial charge >= 0.3 is 0 Å². The molecule has 5 heteroatoms. The Hall–Kier alpha value is -2.24. The van der Waals surface area contributed by atoms with Gasteiger partial charge in [-0.25, -0.2) is 4.39 Å². The molecule has 1 aromatic carbocycles. The van der Waals surface area contributed by atoms with E-state index in [1.165, 1.54) is 21.9 Å². The molecule has 2 nitrogen and oxygen atoms in total. The van der Waals surface area contributed by atoms with Crippen LogP contribution in [-0.4, -0.2) is 5.71 Å². The fourth-order valence-corrected chi connectivity index (χ4v) is 4.19. The second-order valence-corrected chi connectivity index (χ2v) is 7.46. The molecule has 3 aromatic rings. The molecule has 24 heavy (non-hydrogen) atoms. The van der Waals surface area contributed by atoms with Crippen molar-refractivity contribution in [2.24, 2.45) is 5.10 Å². The first-order chi connectivity index (χ1) is 11.8. The molecule has 0 spiro atoms. The number of thiophene rings is 2. The van der Waals surface area contributed by atoms with Gasteiger partial charge in [-0.1, -0.05) is 18.2 Å². The van der Waals surface area contributed by atoms with Gasteiger partial charge in [0, 0.05) is 16.2 Å². The van der Waals surface area contributed by atoms with E-state index in [9.17, 15) is 4.39 Å². The molecule has 120 valence electrons. The second-order valence-electron chi connectivity index (χ2n) is 5.50. The van der Waals surface area contributed by atoms with Gasteiger partial charge in [-0.3, -0.25) is 5.01 Å². The van der Waals surface area contributed by atoms with Crippen LogP contribution in [0.4, 0.5) is 10.1 Å². The Morgan fingerprint density at radius 2 is 1.92 bits per heavy atom. The molecule has 0 saturated heterocycles. The third-order valence-electron chi connectivity index (χ3n) is 3.86. The summed E-state index contributed by atoms with van der Waals surface area (Å²) in [5.74, 6) is -0.241. The predicted molar refractivity (Wildman–Crippen MR) is 101 cm³/mol. The summed E-state index contributed by atoms with van der Waals surface area (Å²) >= 11 is 3.41. The first-order valence-corrected chi connectivity index (χ1v) is 9.43. The van der Waals surface area contributed by atoms with Crippen LogP contribution >= 0.6 is 22.7 Å². The van der Waals surface area contributed by atoms with E-state index < -0.39 is 0 Å². The van der Waals surface area contributed by atoms with Crippen LogP contribution in [0.2, 0.25) is 0 Å². The molecular weight excluding hydrogens is 339 g/mol. The average Bonchev–Trinajstić information content (AvgIpc) is 3.33. The Kier molecular flexibility index (Phi) is 4.28. The minimum absolute atomic E-state index is 0.120. The number of hydrazone groups is 1. The number of rotatable bonds is 4. The maximum absolute atomic E-state index is 13.6. The molecule has 0 radical (unpaired) electrons. The SMILES string of the molecule is Fc1cccc(N2N=C(/C=C/c3cccs3)C[C@H]2c2cccs2)c1. The van der Waals surface area contributed by atoms with Crippen LogP contribution in [0.1, 0.15) is 22.2 Å². The summed E-state index contributed by atoms with van der Waals surface area (Å²) in [4.78, 5) is 2.44. The van der Waals surface area contributed by atoms with Crippen molar-refractivity contribution in [3.05, 3.63) is 80.9 Å². The van der Waals surface area contributed by atoms with Crippen molar-refractivity contribution in [2.75, 3.05) is 5.01 Å². The number of nitrogens with zero attached hydrogens (tertiary/aromatic N) is 2. The van der Waals surface area contributed by atoms with Gasteiger partial charge in [0.25, 0.3) is 0 Å². The quantitative estimate of drug-likeness (QED) is 0.563. The first-order valence-electron chi connectivity index (χ1n) is 7.67. The molecule has 2 aromatic heterocycles. The highest BCUT2D eigenvalue weighted by Crippen LogP contribution is 2.37. The first kappa shape index (κ1) is 15.3. The molecule has 0 amide bonds. The fraction of sp³-hybridized carbons (Fsp3) is 0.105. The molecule has 0 fully saturated rings. The molecule has 1 aliphatic rings. The fourth-order valence-electron chi connectivity index (χ4n) is 2.76. The third kappa shape index (κ3) is 3.18. The van der Waals surface area contributed by atoms with Gasteiger partial charge in [0.2, 0.25) is 0 Å². The Balaban J connectivity index is 1.66. The number of anilines is 1. The van der Waals surface area contributed by atoms with E-state index >= 15 is 0 Å². The Labute approximate surface area is 148 Å². The lowest BCUT2D eigenvalue weighted by atomic mass is 10.1. The summed E-state index contributed by atoms with van der Waals surface area (Å²) in [6.45, 7) is 0. The van der Waals surface area contributed by atoms with E-state index in [-0.39, 0.29) is 11.9 Å². The monoisotopic (exact) mass is 354 g/mol. The van der Waals surface area contributed by atoms with Crippen LogP contribution in [0.5, 0.6) is 0 Å². The van der Waals surface area contributed by atoms with E-state index in [4.69, 9.17) is 5.10 Å². The van der Waals surface area contributed by atoms with E-state index in [0.29, 0.717) is 0 Å². The number of hydrogen-bond donors (Lipinski definition) is 0. The smallest absolute Gasteiger partial charge is 0.125 e. The molecule has 0 aliphatic carbocycles. The van der Waals surface area contributed by atoms with Crippen LogP contribution in [0.25, 0.3) is 6.08 Å². The van der Waals surface area contributed by atoms with Gasteiger partial charge in [0.05, 0.1) is 17.4 Å². The molecule has 4 rings (SSSR count). The lowest BCUT2D eigenvalue weighted by Crippen LogP contribution is -2.17.